The average molecular weight is 376 g/mol. The largest absolute Gasteiger partial charge is 0.373 e. The summed E-state index contributed by atoms with van der Waals surface area (Å²) in [5, 5.41) is 12.4. The van der Waals surface area contributed by atoms with Crippen molar-refractivity contribution in [3.63, 3.8) is 0 Å². The fourth-order valence-corrected chi connectivity index (χ4v) is 3.21. The van der Waals surface area contributed by atoms with E-state index >= 15 is 0 Å². The molecule has 1 aliphatic rings. The van der Waals surface area contributed by atoms with Crippen molar-refractivity contribution in [3.05, 3.63) is 59.6 Å². The van der Waals surface area contributed by atoms with Gasteiger partial charge in [-0.15, -0.1) is 0 Å². The summed E-state index contributed by atoms with van der Waals surface area (Å²) in [5.41, 5.74) is 2.94. The zero-order valence-corrected chi connectivity index (χ0v) is 16.2. The summed E-state index contributed by atoms with van der Waals surface area (Å²) in [6.07, 6.45) is 5.92. The van der Waals surface area contributed by atoms with E-state index in [0.717, 1.165) is 36.3 Å². The molecule has 144 valence electrons. The molecule has 2 heterocycles. The molecule has 1 amide bonds. The molecule has 0 spiro atoms. The van der Waals surface area contributed by atoms with Gasteiger partial charge in [-0.1, -0.05) is 25.1 Å². The highest BCUT2D eigenvalue weighted by Crippen LogP contribution is 2.22. The third kappa shape index (κ3) is 4.46. The van der Waals surface area contributed by atoms with Gasteiger partial charge in [-0.05, 0) is 30.5 Å². The van der Waals surface area contributed by atoms with Gasteiger partial charge in [0.25, 0.3) is 5.91 Å². The van der Waals surface area contributed by atoms with Crippen LogP contribution in [0.2, 0.25) is 0 Å². The van der Waals surface area contributed by atoms with Crippen LogP contribution in [0.3, 0.4) is 0 Å². The molecule has 28 heavy (non-hydrogen) atoms. The number of nitriles is 1. The molecule has 1 fully saturated rings. The molecule has 0 bridgehead atoms. The maximum Gasteiger partial charge on any atom is 0.267 e. The van der Waals surface area contributed by atoms with Crippen molar-refractivity contribution in [2.45, 2.75) is 20.3 Å². The first-order valence-corrected chi connectivity index (χ1v) is 9.40. The van der Waals surface area contributed by atoms with E-state index in [1.54, 1.807) is 24.7 Å². The van der Waals surface area contributed by atoms with Crippen LogP contribution in [0.5, 0.6) is 0 Å². The summed E-state index contributed by atoms with van der Waals surface area (Å²) in [6.45, 7) is 6.86. The lowest BCUT2D eigenvalue weighted by molar-refractivity contribution is -0.112. The van der Waals surface area contributed by atoms with Crippen molar-refractivity contribution in [3.8, 4) is 6.07 Å². The Kier molecular flexibility index (Phi) is 6.22. The fraction of sp³-hybridized carbons (Fsp3) is 0.333. The predicted octanol–water partition coefficient (Wildman–Crippen LogP) is 2.52. The Hall–Kier alpha value is -3.40. The van der Waals surface area contributed by atoms with Crippen LogP contribution in [0, 0.1) is 18.3 Å². The van der Waals surface area contributed by atoms with Crippen molar-refractivity contribution < 1.29 is 4.79 Å². The molecule has 7 heteroatoms. The van der Waals surface area contributed by atoms with E-state index < -0.39 is 0 Å². The number of para-hydroxylation sites is 1. The van der Waals surface area contributed by atoms with Crippen LogP contribution >= 0.6 is 0 Å². The number of hydrogen-bond acceptors (Lipinski definition) is 6. The molecule has 0 radical (unpaired) electrons. The zero-order chi connectivity index (χ0) is 19.9. The van der Waals surface area contributed by atoms with Crippen molar-refractivity contribution in [2.75, 3.05) is 36.4 Å². The Balaban J connectivity index is 1.66. The lowest BCUT2D eigenvalue weighted by Crippen LogP contribution is -2.45. The number of amides is 1. The topological polar surface area (TPSA) is 85.2 Å². The number of piperazine rings is 1. The summed E-state index contributed by atoms with van der Waals surface area (Å²) in [7, 11) is 0. The first kappa shape index (κ1) is 19.4. The van der Waals surface area contributed by atoms with Gasteiger partial charge in [0.15, 0.2) is 0 Å². The van der Waals surface area contributed by atoms with Crippen LogP contribution in [0.15, 0.2) is 48.4 Å². The predicted molar refractivity (Wildman–Crippen MR) is 109 cm³/mol. The number of nitrogens with zero attached hydrogens (tertiary/aromatic N) is 5. The number of aryl methyl sites for hydroxylation is 2. The number of anilines is 2. The number of hydrogen-bond donors (Lipinski definition) is 1. The van der Waals surface area contributed by atoms with Crippen LogP contribution in [0.25, 0.3) is 0 Å². The Labute approximate surface area is 165 Å². The quantitative estimate of drug-likeness (QED) is 0.638. The van der Waals surface area contributed by atoms with Gasteiger partial charge < -0.3 is 15.1 Å². The average Bonchev–Trinajstić information content (AvgIpc) is 2.74. The summed E-state index contributed by atoms with van der Waals surface area (Å²) in [5.74, 6) is 0.330. The van der Waals surface area contributed by atoms with Crippen LogP contribution in [-0.2, 0) is 11.2 Å². The number of aromatic nitrogens is 2. The Bertz CT molecular complexity index is 895. The Morgan fingerprint density at radius 1 is 1.21 bits per heavy atom. The molecule has 1 aromatic heterocycles. The van der Waals surface area contributed by atoms with E-state index in [2.05, 4.69) is 20.2 Å². The maximum absolute atomic E-state index is 12.7. The lowest BCUT2D eigenvalue weighted by Gasteiger charge is -2.34. The van der Waals surface area contributed by atoms with Crippen LogP contribution in [-0.4, -0.2) is 47.0 Å². The minimum absolute atomic E-state index is 0.106. The Morgan fingerprint density at radius 2 is 1.93 bits per heavy atom. The second-order valence-corrected chi connectivity index (χ2v) is 6.64. The van der Waals surface area contributed by atoms with Crippen LogP contribution in [0.1, 0.15) is 18.1 Å². The molecule has 1 aliphatic heterocycles. The summed E-state index contributed by atoms with van der Waals surface area (Å²) in [4.78, 5) is 25.3. The molecular weight excluding hydrogens is 352 g/mol. The van der Waals surface area contributed by atoms with E-state index in [-0.39, 0.29) is 11.5 Å². The van der Waals surface area contributed by atoms with Gasteiger partial charge in [-0.3, -0.25) is 4.79 Å². The highest BCUT2D eigenvalue weighted by molar-refractivity contribution is 6.07. The van der Waals surface area contributed by atoms with Crippen LogP contribution < -0.4 is 10.2 Å². The number of carbonyl (C=O) groups excluding carboxylic acids is 1. The van der Waals surface area contributed by atoms with Crippen LogP contribution in [0.4, 0.5) is 11.6 Å². The van der Waals surface area contributed by atoms with Crippen molar-refractivity contribution in [2.24, 2.45) is 0 Å². The summed E-state index contributed by atoms with van der Waals surface area (Å²) in [6, 6.07) is 9.74. The highest BCUT2D eigenvalue weighted by atomic mass is 16.1. The lowest BCUT2D eigenvalue weighted by atomic mass is 10.1. The third-order valence-corrected chi connectivity index (χ3v) is 4.80. The fourth-order valence-electron chi connectivity index (χ4n) is 3.21. The van der Waals surface area contributed by atoms with E-state index in [1.807, 2.05) is 43.0 Å². The van der Waals surface area contributed by atoms with Gasteiger partial charge in [0.2, 0.25) is 5.95 Å². The molecule has 0 atom stereocenters. The van der Waals surface area contributed by atoms with Gasteiger partial charge in [0, 0.05) is 50.5 Å². The van der Waals surface area contributed by atoms with Gasteiger partial charge >= 0.3 is 0 Å². The molecule has 0 saturated carbocycles. The number of benzene rings is 1. The van der Waals surface area contributed by atoms with E-state index in [4.69, 9.17) is 0 Å². The molecule has 7 nitrogen and oxygen atoms in total. The second kappa shape index (κ2) is 9.00. The molecule has 2 aromatic rings. The van der Waals surface area contributed by atoms with E-state index in [0.29, 0.717) is 19.0 Å². The molecule has 1 saturated heterocycles. The minimum Gasteiger partial charge on any atom is -0.373 e. The molecule has 3 rings (SSSR count). The molecule has 0 aliphatic carbocycles. The SMILES string of the molecule is CCc1cccc(C)c1NC(=O)/C(C#N)=C\N1CCN(c2ncccn2)CC1. The normalized spacial score (nSPS) is 14.5. The number of nitrogens with one attached hydrogen (secondary N) is 1. The number of carbonyl (C=O) groups is 1. The maximum atomic E-state index is 12.7. The first-order chi connectivity index (χ1) is 13.6. The smallest absolute Gasteiger partial charge is 0.267 e. The summed E-state index contributed by atoms with van der Waals surface area (Å²) >= 11 is 0. The van der Waals surface area contributed by atoms with Crippen molar-refractivity contribution in [1.29, 1.82) is 5.26 Å². The Morgan fingerprint density at radius 3 is 2.57 bits per heavy atom. The van der Waals surface area contributed by atoms with Gasteiger partial charge in [-0.25, -0.2) is 9.97 Å². The highest BCUT2D eigenvalue weighted by Gasteiger charge is 2.19. The minimum atomic E-state index is -0.375. The standard InChI is InChI=1S/C21H24N6O/c1-3-17-7-4-6-16(2)19(17)25-20(28)18(14-22)15-26-10-12-27(13-11-26)21-23-8-5-9-24-21/h4-9,15H,3,10-13H2,1-2H3,(H,25,28)/b18-15-. The molecule has 1 N–H and O–H groups in total. The van der Waals surface area contributed by atoms with E-state index in [9.17, 15) is 10.1 Å². The van der Waals surface area contributed by atoms with Gasteiger partial charge in [0.05, 0.1) is 0 Å². The number of rotatable bonds is 5. The zero-order valence-electron chi connectivity index (χ0n) is 16.2. The van der Waals surface area contributed by atoms with Gasteiger partial charge in [0.1, 0.15) is 11.6 Å². The van der Waals surface area contributed by atoms with Crippen molar-refractivity contribution in [1.82, 2.24) is 14.9 Å². The monoisotopic (exact) mass is 376 g/mol. The second-order valence-electron chi connectivity index (χ2n) is 6.64. The molecule has 1 aromatic carbocycles. The third-order valence-electron chi connectivity index (χ3n) is 4.80. The van der Waals surface area contributed by atoms with Crippen molar-refractivity contribution >= 4 is 17.5 Å². The summed E-state index contributed by atoms with van der Waals surface area (Å²) < 4.78 is 0. The van der Waals surface area contributed by atoms with Gasteiger partial charge in [-0.2, -0.15) is 5.26 Å². The molecule has 0 unspecified atom stereocenters. The first-order valence-electron chi connectivity index (χ1n) is 9.40. The van der Waals surface area contributed by atoms with E-state index in [1.165, 1.54) is 0 Å². The molecular formula is C21H24N6O.